The van der Waals surface area contributed by atoms with E-state index in [0.717, 1.165) is 19.4 Å². The number of nitrogens with two attached hydrogens (primary N) is 1. The normalized spacial score (nSPS) is 33.9. The number of carbonyl (C=O) groups excluding carboxylic acids is 1. The molecular formula is C11H20N2O2. The van der Waals surface area contributed by atoms with E-state index in [9.17, 15) is 4.79 Å². The van der Waals surface area contributed by atoms with Crippen LogP contribution in [-0.4, -0.2) is 35.7 Å². The molecule has 2 saturated heterocycles. The van der Waals surface area contributed by atoms with Gasteiger partial charge in [0.05, 0.1) is 0 Å². The van der Waals surface area contributed by atoms with Gasteiger partial charge in [-0.05, 0) is 40.2 Å². The third-order valence-corrected chi connectivity index (χ3v) is 3.34. The minimum Gasteiger partial charge on any atom is -0.444 e. The maximum absolute atomic E-state index is 11.8. The summed E-state index contributed by atoms with van der Waals surface area (Å²) in [7, 11) is 0. The maximum Gasteiger partial charge on any atom is 0.410 e. The minimum absolute atomic E-state index is 0.180. The second-order valence-corrected chi connectivity index (χ2v) is 5.87. The molecule has 0 spiro atoms. The van der Waals surface area contributed by atoms with Gasteiger partial charge in [-0.1, -0.05) is 0 Å². The number of fused-ring (bicyclic) bond motifs is 1. The van der Waals surface area contributed by atoms with Gasteiger partial charge < -0.3 is 15.4 Å². The van der Waals surface area contributed by atoms with Gasteiger partial charge in [0, 0.05) is 18.0 Å². The van der Waals surface area contributed by atoms with Gasteiger partial charge in [0.25, 0.3) is 0 Å². The van der Waals surface area contributed by atoms with Gasteiger partial charge in [-0.15, -0.1) is 0 Å². The van der Waals surface area contributed by atoms with Gasteiger partial charge in [-0.2, -0.15) is 0 Å². The lowest BCUT2D eigenvalue weighted by Crippen LogP contribution is -2.41. The molecule has 3 fully saturated rings. The summed E-state index contributed by atoms with van der Waals surface area (Å²) in [6.07, 6.45) is 1.94. The Labute approximate surface area is 90.8 Å². The van der Waals surface area contributed by atoms with Crippen LogP contribution in [0.1, 0.15) is 33.6 Å². The van der Waals surface area contributed by atoms with Crippen molar-refractivity contribution in [2.45, 2.75) is 45.3 Å². The quantitative estimate of drug-likeness (QED) is 0.713. The third kappa shape index (κ3) is 1.83. The van der Waals surface area contributed by atoms with Gasteiger partial charge in [-0.3, -0.25) is 0 Å². The summed E-state index contributed by atoms with van der Waals surface area (Å²) in [6, 6.07) is 0.378. The molecule has 0 atom stereocenters. The Morgan fingerprint density at radius 2 is 2.13 bits per heavy atom. The molecule has 3 rings (SSSR count). The zero-order valence-electron chi connectivity index (χ0n) is 9.75. The standard InChI is InChI=1S/C11H20N2O2/c1-10(2,3)15-9(14)13-7-11(6-12)4-8(13)5-11/h8H,4-7,12H2,1-3H3. The number of amides is 1. The van der Waals surface area contributed by atoms with Crippen molar-refractivity contribution in [1.82, 2.24) is 4.90 Å². The van der Waals surface area contributed by atoms with Crippen LogP contribution in [0.15, 0.2) is 0 Å². The molecule has 1 aliphatic carbocycles. The zero-order chi connectivity index (χ0) is 11.3. The van der Waals surface area contributed by atoms with Crippen molar-refractivity contribution >= 4 is 6.09 Å². The van der Waals surface area contributed by atoms with Gasteiger partial charge in [0.15, 0.2) is 0 Å². The van der Waals surface area contributed by atoms with Crippen molar-refractivity contribution in [2.24, 2.45) is 11.1 Å². The van der Waals surface area contributed by atoms with Crippen LogP contribution in [0.3, 0.4) is 0 Å². The number of carbonyl (C=O) groups is 1. The van der Waals surface area contributed by atoms with E-state index in [1.165, 1.54) is 0 Å². The van der Waals surface area contributed by atoms with E-state index < -0.39 is 5.60 Å². The summed E-state index contributed by atoms with van der Waals surface area (Å²) in [5.41, 5.74) is 5.52. The Kier molecular flexibility index (Phi) is 2.23. The Hall–Kier alpha value is -0.770. The van der Waals surface area contributed by atoms with E-state index >= 15 is 0 Å². The second kappa shape index (κ2) is 3.11. The third-order valence-electron chi connectivity index (χ3n) is 3.34. The minimum atomic E-state index is -0.403. The molecule has 0 radical (unpaired) electrons. The SMILES string of the molecule is CC(C)(C)OC(=O)N1CC2(CN)CC1C2. The van der Waals surface area contributed by atoms with Crippen LogP contribution in [0, 0.1) is 5.41 Å². The second-order valence-electron chi connectivity index (χ2n) is 5.87. The smallest absolute Gasteiger partial charge is 0.410 e. The average molecular weight is 212 g/mol. The number of hydrogen-bond acceptors (Lipinski definition) is 3. The van der Waals surface area contributed by atoms with Crippen molar-refractivity contribution in [3.63, 3.8) is 0 Å². The molecule has 15 heavy (non-hydrogen) atoms. The lowest BCUT2D eigenvalue weighted by Gasteiger charge is -2.35. The van der Waals surface area contributed by atoms with Crippen LogP contribution in [0.2, 0.25) is 0 Å². The fourth-order valence-corrected chi connectivity index (χ4v) is 2.55. The highest BCUT2D eigenvalue weighted by atomic mass is 16.6. The summed E-state index contributed by atoms with van der Waals surface area (Å²) in [6.45, 7) is 7.14. The van der Waals surface area contributed by atoms with Crippen molar-refractivity contribution < 1.29 is 9.53 Å². The number of ether oxygens (including phenoxy) is 1. The summed E-state index contributed by atoms with van der Waals surface area (Å²) < 4.78 is 5.35. The molecule has 2 N–H and O–H groups in total. The molecule has 1 saturated carbocycles. The van der Waals surface area contributed by atoms with Crippen LogP contribution in [0.25, 0.3) is 0 Å². The van der Waals surface area contributed by atoms with Crippen LogP contribution in [0.4, 0.5) is 4.79 Å². The van der Waals surface area contributed by atoms with Crippen molar-refractivity contribution in [2.75, 3.05) is 13.1 Å². The predicted octanol–water partition coefficient (Wildman–Crippen LogP) is 1.34. The van der Waals surface area contributed by atoms with Gasteiger partial charge in [0.1, 0.15) is 5.60 Å². The van der Waals surface area contributed by atoms with E-state index in [2.05, 4.69) is 0 Å². The van der Waals surface area contributed by atoms with E-state index in [1.807, 2.05) is 25.7 Å². The Morgan fingerprint density at radius 3 is 2.53 bits per heavy atom. The highest BCUT2D eigenvalue weighted by molar-refractivity contribution is 5.70. The number of nitrogens with zero attached hydrogens (tertiary/aromatic N) is 1. The average Bonchev–Trinajstić information content (AvgIpc) is 2.53. The largest absolute Gasteiger partial charge is 0.444 e. The molecule has 0 aromatic carbocycles. The van der Waals surface area contributed by atoms with Crippen LogP contribution < -0.4 is 5.73 Å². The molecule has 3 aliphatic rings. The van der Waals surface area contributed by atoms with Crippen LogP contribution in [0.5, 0.6) is 0 Å². The van der Waals surface area contributed by atoms with E-state index in [4.69, 9.17) is 10.5 Å². The highest BCUT2D eigenvalue weighted by Gasteiger charge is 2.56. The Balaban J connectivity index is 1.95. The molecule has 0 aromatic heterocycles. The summed E-state index contributed by atoms with van der Waals surface area (Å²) in [5.74, 6) is 0. The summed E-state index contributed by atoms with van der Waals surface area (Å²) in [4.78, 5) is 13.7. The summed E-state index contributed by atoms with van der Waals surface area (Å²) in [5, 5.41) is 0. The molecule has 0 aromatic rings. The highest BCUT2D eigenvalue weighted by Crippen LogP contribution is 2.51. The fraction of sp³-hybridized carbons (Fsp3) is 0.909. The fourth-order valence-electron chi connectivity index (χ4n) is 2.55. The first-order chi connectivity index (χ1) is 6.85. The molecule has 2 heterocycles. The topological polar surface area (TPSA) is 55.6 Å². The monoisotopic (exact) mass is 212 g/mol. The first-order valence-electron chi connectivity index (χ1n) is 5.55. The molecule has 4 heteroatoms. The van der Waals surface area contributed by atoms with Gasteiger partial charge in [-0.25, -0.2) is 4.79 Å². The van der Waals surface area contributed by atoms with Crippen molar-refractivity contribution in [3.05, 3.63) is 0 Å². The van der Waals surface area contributed by atoms with E-state index in [-0.39, 0.29) is 11.5 Å². The van der Waals surface area contributed by atoms with Crippen LogP contribution in [-0.2, 0) is 4.74 Å². The lowest BCUT2D eigenvalue weighted by molar-refractivity contribution is 0.0244. The van der Waals surface area contributed by atoms with Crippen molar-refractivity contribution in [1.29, 1.82) is 0 Å². The van der Waals surface area contributed by atoms with Crippen molar-refractivity contribution in [3.8, 4) is 0 Å². The first-order valence-corrected chi connectivity index (χ1v) is 5.55. The molecule has 1 amide bonds. The first kappa shape index (κ1) is 10.7. The molecule has 86 valence electrons. The van der Waals surface area contributed by atoms with Crippen LogP contribution >= 0.6 is 0 Å². The predicted molar refractivity (Wildman–Crippen MR) is 57.4 cm³/mol. The zero-order valence-corrected chi connectivity index (χ0v) is 9.75. The molecular weight excluding hydrogens is 192 g/mol. The Morgan fingerprint density at radius 1 is 1.53 bits per heavy atom. The number of hydrogen-bond donors (Lipinski definition) is 1. The van der Waals surface area contributed by atoms with E-state index in [0.29, 0.717) is 12.6 Å². The van der Waals surface area contributed by atoms with E-state index in [1.54, 1.807) is 0 Å². The molecule has 2 bridgehead atoms. The summed E-state index contributed by atoms with van der Waals surface area (Å²) >= 11 is 0. The van der Waals surface area contributed by atoms with Gasteiger partial charge >= 0.3 is 6.09 Å². The lowest BCUT2D eigenvalue weighted by atomic mass is 9.70. The molecule has 4 nitrogen and oxygen atoms in total. The van der Waals surface area contributed by atoms with Gasteiger partial charge in [0.2, 0.25) is 0 Å². The molecule has 2 aliphatic heterocycles. The number of rotatable bonds is 1. The maximum atomic E-state index is 11.8. The Bertz CT molecular complexity index is 277. The molecule has 0 unspecified atom stereocenters.